The van der Waals surface area contributed by atoms with Crippen molar-refractivity contribution in [2.45, 2.75) is 13.0 Å². The predicted octanol–water partition coefficient (Wildman–Crippen LogP) is 1.76. The minimum absolute atomic E-state index is 0.0914. The summed E-state index contributed by atoms with van der Waals surface area (Å²) in [7, 11) is 1.59. The van der Waals surface area contributed by atoms with Crippen LogP contribution in [0, 0.1) is 6.92 Å². The largest absolute Gasteiger partial charge is 0.496 e. The molecule has 3 nitrogen and oxygen atoms in total. The Morgan fingerprint density at radius 2 is 2.21 bits per heavy atom. The molecule has 1 atom stereocenters. The maximum atomic E-state index is 8.97. The van der Waals surface area contributed by atoms with Gasteiger partial charge in [-0.1, -0.05) is 15.9 Å². The van der Waals surface area contributed by atoms with Gasteiger partial charge in [-0.25, -0.2) is 0 Å². The van der Waals surface area contributed by atoms with E-state index in [2.05, 4.69) is 15.9 Å². The maximum Gasteiger partial charge on any atom is 0.124 e. The van der Waals surface area contributed by atoms with Crippen LogP contribution in [0.5, 0.6) is 5.75 Å². The zero-order valence-corrected chi connectivity index (χ0v) is 9.84. The van der Waals surface area contributed by atoms with E-state index in [1.54, 1.807) is 7.11 Å². The van der Waals surface area contributed by atoms with E-state index >= 15 is 0 Å². The maximum absolute atomic E-state index is 8.97. The Labute approximate surface area is 92.0 Å². The van der Waals surface area contributed by atoms with E-state index in [1.807, 2.05) is 19.1 Å². The van der Waals surface area contributed by atoms with Gasteiger partial charge in [-0.2, -0.15) is 0 Å². The molecule has 0 radical (unpaired) electrons. The van der Waals surface area contributed by atoms with Gasteiger partial charge in [0.05, 0.1) is 19.8 Å². The number of benzene rings is 1. The average Bonchev–Trinajstić information content (AvgIpc) is 2.20. The number of aryl methyl sites for hydroxylation is 1. The first-order valence-corrected chi connectivity index (χ1v) is 5.10. The zero-order valence-electron chi connectivity index (χ0n) is 8.25. The lowest BCUT2D eigenvalue weighted by atomic mass is 10.1. The molecule has 0 fully saturated rings. The minimum atomic E-state index is -0.401. The summed E-state index contributed by atoms with van der Waals surface area (Å²) in [5.41, 5.74) is 7.63. The van der Waals surface area contributed by atoms with E-state index in [0.29, 0.717) is 5.75 Å². The summed E-state index contributed by atoms with van der Waals surface area (Å²) in [6.45, 7) is 1.88. The van der Waals surface area contributed by atoms with E-state index in [-0.39, 0.29) is 6.61 Å². The van der Waals surface area contributed by atoms with Crippen LogP contribution >= 0.6 is 15.9 Å². The Hall–Kier alpha value is -0.580. The zero-order chi connectivity index (χ0) is 10.7. The fraction of sp³-hybridized carbons (Fsp3) is 0.400. The smallest absolute Gasteiger partial charge is 0.124 e. The lowest BCUT2D eigenvalue weighted by molar-refractivity contribution is 0.264. The molecule has 1 aromatic rings. The third kappa shape index (κ3) is 2.26. The molecule has 1 rings (SSSR count). The number of methoxy groups -OCH3 is 1. The second kappa shape index (κ2) is 4.77. The average molecular weight is 260 g/mol. The molecule has 0 aliphatic rings. The molecule has 1 aromatic carbocycles. The first-order chi connectivity index (χ1) is 6.60. The Morgan fingerprint density at radius 1 is 1.57 bits per heavy atom. The summed E-state index contributed by atoms with van der Waals surface area (Å²) >= 11 is 3.41. The van der Waals surface area contributed by atoms with Crippen LogP contribution in [0.3, 0.4) is 0 Å². The molecule has 3 N–H and O–H groups in total. The quantitative estimate of drug-likeness (QED) is 0.870. The summed E-state index contributed by atoms with van der Waals surface area (Å²) in [5, 5.41) is 8.97. The highest BCUT2D eigenvalue weighted by molar-refractivity contribution is 9.10. The van der Waals surface area contributed by atoms with Crippen LogP contribution in [0.2, 0.25) is 0 Å². The van der Waals surface area contributed by atoms with E-state index in [4.69, 9.17) is 15.6 Å². The van der Waals surface area contributed by atoms with Crippen LogP contribution in [0.15, 0.2) is 16.6 Å². The molecule has 78 valence electrons. The molecule has 4 heteroatoms. The molecule has 0 saturated carbocycles. The van der Waals surface area contributed by atoms with Crippen LogP contribution in [0.25, 0.3) is 0 Å². The van der Waals surface area contributed by atoms with Crippen molar-refractivity contribution in [3.8, 4) is 5.75 Å². The highest BCUT2D eigenvalue weighted by Gasteiger charge is 2.12. The van der Waals surface area contributed by atoms with Crippen LogP contribution in [0.1, 0.15) is 17.2 Å². The fourth-order valence-corrected chi connectivity index (χ4v) is 1.60. The molecule has 0 spiro atoms. The molecule has 0 aliphatic heterocycles. The van der Waals surface area contributed by atoms with Gasteiger partial charge in [0.2, 0.25) is 0 Å². The summed E-state index contributed by atoms with van der Waals surface area (Å²) in [6.07, 6.45) is 0. The number of hydrogen-bond acceptors (Lipinski definition) is 3. The lowest BCUT2D eigenvalue weighted by Crippen LogP contribution is -2.15. The topological polar surface area (TPSA) is 55.5 Å². The van der Waals surface area contributed by atoms with Crippen molar-refractivity contribution >= 4 is 15.9 Å². The van der Waals surface area contributed by atoms with E-state index in [1.165, 1.54) is 0 Å². The summed E-state index contributed by atoms with van der Waals surface area (Å²) in [4.78, 5) is 0. The molecular weight excluding hydrogens is 246 g/mol. The van der Waals surface area contributed by atoms with E-state index < -0.39 is 6.04 Å². The van der Waals surface area contributed by atoms with Crippen molar-refractivity contribution in [2.24, 2.45) is 5.73 Å². The van der Waals surface area contributed by atoms with Crippen LogP contribution in [0.4, 0.5) is 0 Å². The number of aliphatic hydroxyl groups excluding tert-OH is 1. The Kier molecular flexibility index (Phi) is 3.92. The highest BCUT2D eigenvalue weighted by Crippen LogP contribution is 2.30. The van der Waals surface area contributed by atoms with Crippen LogP contribution < -0.4 is 10.5 Å². The summed E-state index contributed by atoms with van der Waals surface area (Å²) < 4.78 is 6.16. The van der Waals surface area contributed by atoms with Gasteiger partial charge in [0, 0.05) is 10.0 Å². The number of nitrogens with two attached hydrogens (primary N) is 1. The molecular formula is C10H14BrNO2. The van der Waals surface area contributed by atoms with Gasteiger partial charge in [-0.3, -0.25) is 0 Å². The first kappa shape index (κ1) is 11.5. The highest BCUT2D eigenvalue weighted by atomic mass is 79.9. The van der Waals surface area contributed by atoms with Gasteiger partial charge in [-0.05, 0) is 24.6 Å². The number of ether oxygens (including phenoxy) is 1. The Bertz CT molecular complexity index is 328. The third-order valence-corrected chi connectivity index (χ3v) is 2.96. The van der Waals surface area contributed by atoms with E-state index in [0.717, 1.165) is 15.6 Å². The van der Waals surface area contributed by atoms with Crippen molar-refractivity contribution in [3.05, 3.63) is 27.7 Å². The standard InChI is InChI=1S/C10H14BrNO2/c1-6-3-10(14-2)7(4-8(6)11)9(12)5-13/h3-4,9,13H,5,12H2,1-2H3. The molecule has 14 heavy (non-hydrogen) atoms. The molecule has 0 bridgehead atoms. The van der Waals surface area contributed by atoms with Crippen molar-refractivity contribution in [1.82, 2.24) is 0 Å². The summed E-state index contributed by atoms with van der Waals surface area (Å²) in [5.74, 6) is 0.715. The summed E-state index contributed by atoms with van der Waals surface area (Å²) in [6, 6.07) is 3.38. The monoisotopic (exact) mass is 259 g/mol. The van der Waals surface area contributed by atoms with Crippen molar-refractivity contribution in [1.29, 1.82) is 0 Å². The Morgan fingerprint density at radius 3 is 2.71 bits per heavy atom. The van der Waals surface area contributed by atoms with Crippen molar-refractivity contribution in [3.63, 3.8) is 0 Å². The van der Waals surface area contributed by atoms with Crippen LogP contribution in [-0.4, -0.2) is 18.8 Å². The van der Waals surface area contributed by atoms with Gasteiger partial charge in [-0.15, -0.1) is 0 Å². The van der Waals surface area contributed by atoms with Gasteiger partial charge in [0.25, 0.3) is 0 Å². The fourth-order valence-electron chi connectivity index (χ4n) is 1.24. The van der Waals surface area contributed by atoms with Gasteiger partial charge in [0.1, 0.15) is 5.75 Å². The number of hydrogen-bond donors (Lipinski definition) is 2. The van der Waals surface area contributed by atoms with Crippen molar-refractivity contribution in [2.75, 3.05) is 13.7 Å². The first-order valence-electron chi connectivity index (χ1n) is 4.30. The predicted molar refractivity (Wildman–Crippen MR) is 59.4 cm³/mol. The van der Waals surface area contributed by atoms with Gasteiger partial charge in [0.15, 0.2) is 0 Å². The second-order valence-electron chi connectivity index (χ2n) is 3.13. The normalized spacial score (nSPS) is 12.6. The molecule has 0 aliphatic carbocycles. The number of halogens is 1. The second-order valence-corrected chi connectivity index (χ2v) is 3.99. The lowest BCUT2D eigenvalue weighted by Gasteiger charge is -2.15. The minimum Gasteiger partial charge on any atom is -0.496 e. The number of aliphatic hydroxyl groups is 1. The van der Waals surface area contributed by atoms with E-state index in [9.17, 15) is 0 Å². The molecule has 1 unspecified atom stereocenters. The van der Waals surface area contributed by atoms with Gasteiger partial charge >= 0.3 is 0 Å². The molecule has 0 aromatic heterocycles. The van der Waals surface area contributed by atoms with Gasteiger partial charge < -0.3 is 15.6 Å². The molecule has 0 heterocycles. The number of rotatable bonds is 3. The Balaban J connectivity index is 3.19. The van der Waals surface area contributed by atoms with Crippen LogP contribution in [-0.2, 0) is 0 Å². The SMILES string of the molecule is COc1cc(C)c(Br)cc1C(N)CO. The molecule has 0 amide bonds. The van der Waals surface area contributed by atoms with Crippen molar-refractivity contribution < 1.29 is 9.84 Å². The molecule has 0 saturated heterocycles. The third-order valence-electron chi connectivity index (χ3n) is 2.11.